The standard InChI is InChI=1S/C38H48F8O2/c1-2-3-4-5-24-6-8-25(9-7-24)26-10-12-27(13-11-26)29-16-19-32(33(39)20-29)28-14-17-30(18-15-28)38(45,46)48-31-21-34(40)36(35(41)22-31)47-23-37(42,43)44/h16,19-22,24-28,30H,2-15,17-18,23H2,1H3. The third-order valence-electron chi connectivity index (χ3n) is 11.3. The Hall–Kier alpha value is -2.52. The van der Waals surface area contributed by atoms with Crippen molar-refractivity contribution in [1.82, 2.24) is 0 Å². The Balaban J connectivity index is 1.09. The van der Waals surface area contributed by atoms with Crippen molar-refractivity contribution >= 4 is 0 Å². The van der Waals surface area contributed by atoms with Crippen LogP contribution in [0.25, 0.3) is 0 Å². The first-order valence-corrected chi connectivity index (χ1v) is 17.9. The minimum absolute atomic E-state index is 0.00126. The fraction of sp³-hybridized carbons (Fsp3) is 0.684. The van der Waals surface area contributed by atoms with E-state index in [1.54, 1.807) is 6.07 Å². The van der Waals surface area contributed by atoms with E-state index >= 15 is 13.2 Å². The van der Waals surface area contributed by atoms with Gasteiger partial charge in [0.2, 0.25) is 0 Å². The summed E-state index contributed by atoms with van der Waals surface area (Å²) < 4.78 is 120. The number of hydrogen-bond donors (Lipinski definition) is 0. The van der Waals surface area contributed by atoms with E-state index in [2.05, 4.69) is 16.4 Å². The second kappa shape index (κ2) is 16.0. The van der Waals surface area contributed by atoms with Crippen LogP contribution in [0.1, 0.15) is 133 Å². The van der Waals surface area contributed by atoms with Gasteiger partial charge in [-0.2, -0.15) is 22.0 Å². The van der Waals surface area contributed by atoms with Gasteiger partial charge in [0.15, 0.2) is 24.0 Å². The molecule has 0 heterocycles. The number of halogens is 8. The maximum atomic E-state index is 15.4. The smallest absolute Gasteiger partial charge is 0.422 e. The summed E-state index contributed by atoms with van der Waals surface area (Å²) in [4.78, 5) is 0. The third-order valence-corrected chi connectivity index (χ3v) is 11.3. The van der Waals surface area contributed by atoms with Gasteiger partial charge in [-0.25, -0.2) is 13.2 Å². The van der Waals surface area contributed by atoms with Gasteiger partial charge in [0, 0.05) is 12.1 Å². The van der Waals surface area contributed by atoms with Crippen molar-refractivity contribution < 1.29 is 44.6 Å². The zero-order valence-corrected chi connectivity index (χ0v) is 27.7. The monoisotopic (exact) mass is 688 g/mol. The molecule has 0 aromatic heterocycles. The van der Waals surface area contributed by atoms with Crippen LogP contribution >= 0.6 is 0 Å². The molecule has 0 saturated heterocycles. The first-order valence-electron chi connectivity index (χ1n) is 17.9. The number of rotatable bonds is 12. The Bertz CT molecular complexity index is 1300. The SMILES string of the molecule is CCCCCC1CCC(C2CCC(c3ccc(C4CCC(C(F)(F)Oc5cc(F)c(OCC(F)(F)F)c(F)c5)CC4)c(F)c3)CC2)CC1. The van der Waals surface area contributed by atoms with Gasteiger partial charge in [0.25, 0.3) is 0 Å². The van der Waals surface area contributed by atoms with Gasteiger partial charge in [0.05, 0.1) is 5.92 Å². The lowest BCUT2D eigenvalue weighted by atomic mass is 9.68. The molecule has 3 fully saturated rings. The van der Waals surface area contributed by atoms with Crippen LogP contribution in [0.4, 0.5) is 35.1 Å². The summed E-state index contributed by atoms with van der Waals surface area (Å²) in [6.07, 6.45) is 7.26. The van der Waals surface area contributed by atoms with Crippen molar-refractivity contribution in [3.63, 3.8) is 0 Å². The largest absolute Gasteiger partial charge is 0.478 e. The summed E-state index contributed by atoms with van der Waals surface area (Å²) >= 11 is 0. The van der Waals surface area contributed by atoms with Crippen LogP contribution in [0.2, 0.25) is 0 Å². The molecule has 3 saturated carbocycles. The lowest BCUT2D eigenvalue weighted by Crippen LogP contribution is -2.37. The van der Waals surface area contributed by atoms with Crippen LogP contribution in [-0.2, 0) is 0 Å². The Morgan fingerprint density at radius 3 is 1.81 bits per heavy atom. The lowest BCUT2D eigenvalue weighted by molar-refractivity contribution is -0.222. The molecule has 0 N–H and O–H groups in total. The second-order valence-electron chi connectivity index (χ2n) is 14.5. The van der Waals surface area contributed by atoms with Gasteiger partial charge < -0.3 is 9.47 Å². The van der Waals surface area contributed by atoms with Crippen molar-refractivity contribution in [2.24, 2.45) is 23.7 Å². The molecule has 0 spiro atoms. The molecule has 48 heavy (non-hydrogen) atoms. The summed E-state index contributed by atoms with van der Waals surface area (Å²) in [5.41, 5.74) is 1.53. The van der Waals surface area contributed by atoms with Gasteiger partial charge >= 0.3 is 12.3 Å². The quantitative estimate of drug-likeness (QED) is 0.163. The fourth-order valence-corrected chi connectivity index (χ4v) is 8.55. The highest BCUT2D eigenvalue weighted by molar-refractivity contribution is 5.35. The zero-order chi connectivity index (χ0) is 34.5. The van der Waals surface area contributed by atoms with Gasteiger partial charge in [-0.3, -0.25) is 0 Å². The minimum atomic E-state index is -4.84. The predicted molar refractivity (Wildman–Crippen MR) is 169 cm³/mol. The molecule has 0 atom stereocenters. The van der Waals surface area contributed by atoms with Crippen molar-refractivity contribution in [3.05, 3.63) is 58.9 Å². The van der Waals surface area contributed by atoms with Gasteiger partial charge in [0.1, 0.15) is 11.6 Å². The Labute approximate surface area is 279 Å². The van der Waals surface area contributed by atoms with E-state index in [1.807, 2.05) is 12.1 Å². The van der Waals surface area contributed by atoms with E-state index in [0.717, 1.165) is 36.2 Å². The molecule has 0 unspecified atom stereocenters. The normalized spacial score (nSPS) is 27.1. The van der Waals surface area contributed by atoms with Gasteiger partial charge in [-0.1, -0.05) is 57.6 Å². The number of benzene rings is 2. The summed E-state index contributed by atoms with van der Waals surface area (Å²) in [6.45, 7) is 0.315. The van der Waals surface area contributed by atoms with Gasteiger partial charge in [-0.15, -0.1) is 0 Å². The zero-order valence-electron chi connectivity index (χ0n) is 27.7. The van der Waals surface area contributed by atoms with Crippen molar-refractivity contribution in [1.29, 1.82) is 0 Å². The summed E-state index contributed by atoms with van der Waals surface area (Å²) in [7, 11) is 0. The molecule has 2 nitrogen and oxygen atoms in total. The summed E-state index contributed by atoms with van der Waals surface area (Å²) in [6, 6.07) is 6.19. The number of ether oxygens (including phenoxy) is 2. The summed E-state index contributed by atoms with van der Waals surface area (Å²) in [5.74, 6) is -4.34. The third kappa shape index (κ3) is 9.58. The Kier molecular flexibility index (Phi) is 12.3. The molecule has 0 radical (unpaired) electrons. The van der Waals surface area contributed by atoms with Crippen LogP contribution in [0.15, 0.2) is 30.3 Å². The van der Waals surface area contributed by atoms with Crippen LogP contribution in [0.3, 0.4) is 0 Å². The molecule has 0 aliphatic heterocycles. The number of unbranched alkanes of at least 4 members (excludes halogenated alkanes) is 2. The average molecular weight is 689 g/mol. The maximum absolute atomic E-state index is 15.4. The first kappa shape index (κ1) is 36.8. The van der Waals surface area contributed by atoms with E-state index in [1.165, 1.54) is 64.2 Å². The van der Waals surface area contributed by atoms with Crippen LogP contribution in [-0.4, -0.2) is 18.9 Å². The van der Waals surface area contributed by atoms with E-state index in [4.69, 9.17) is 0 Å². The molecule has 2 aromatic rings. The topological polar surface area (TPSA) is 18.5 Å². The molecular weight excluding hydrogens is 640 g/mol. The molecule has 0 amide bonds. The molecule has 268 valence electrons. The van der Waals surface area contributed by atoms with Crippen molar-refractivity contribution in [2.75, 3.05) is 6.61 Å². The highest BCUT2D eigenvalue weighted by Crippen LogP contribution is 2.47. The predicted octanol–water partition coefficient (Wildman–Crippen LogP) is 12.7. The molecule has 5 rings (SSSR count). The highest BCUT2D eigenvalue weighted by Gasteiger charge is 2.45. The molecule has 3 aliphatic rings. The number of hydrogen-bond acceptors (Lipinski definition) is 2. The fourth-order valence-electron chi connectivity index (χ4n) is 8.55. The van der Waals surface area contributed by atoms with E-state index in [9.17, 15) is 22.0 Å². The lowest BCUT2D eigenvalue weighted by Gasteiger charge is -2.38. The van der Waals surface area contributed by atoms with E-state index in [0.29, 0.717) is 36.5 Å². The van der Waals surface area contributed by atoms with Crippen LogP contribution < -0.4 is 9.47 Å². The minimum Gasteiger partial charge on any atom is -0.478 e. The molecule has 10 heteroatoms. The van der Waals surface area contributed by atoms with Crippen molar-refractivity contribution in [2.45, 2.75) is 134 Å². The average Bonchev–Trinajstić information content (AvgIpc) is 3.04. The Morgan fingerprint density at radius 2 is 1.25 bits per heavy atom. The van der Waals surface area contributed by atoms with Crippen molar-refractivity contribution in [3.8, 4) is 11.5 Å². The van der Waals surface area contributed by atoms with E-state index < -0.39 is 47.9 Å². The molecule has 3 aliphatic carbocycles. The maximum Gasteiger partial charge on any atom is 0.422 e. The molecule has 2 aromatic carbocycles. The first-order chi connectivity index (χ1) is 22.8. The molecule has 0 bridgehead atoms. The number of alkyl halides is 5. The molecular formula is C38H48F8O2. The van der Waals surface area contributed by atoms with Crippen LogP contribution in [0, 0.1) is 41.1 Å². The van der Waals surface area contributed by atoms with E-state index in [-0.39, 0.29) is 24.6 Å². The second-order valence-corrected chi connectivity index (χ2v) is 14.5. The van der Waals surface area contributed by atoms with Crippen LogP contribution in [0.5, 0.6) is 11.5 Å². The van der Waals surface area contributed by atoms with Gasteiger partial charge in [-0.05, 0) is 111 Å². The summed E-state index contributed by atoms with van der Waals surface area (Å²) in [5, 5.41) is 0. The Morgan fingerprint density at radius 1 is 0.667 bits per heavy atom. The highest BCUT2D eigenvalue weighted by atomic mass is 19.4.